The number of non-ortho nitro benzene ring substituents is 1. The highest BCUT2D eigenvalue weighted by Crippen LogP contribution is 2.33. The molecule has 0 atom stereocenters. The fourth-order valence-corrected chi connectivity index (χ4v) is 3.28. The van der Waals surface area contributed by atoms with Crippen molar-refractivity contribution in [2.45, 2.75) is 6.92 Å². The summed E-state index contributed by atoms with van der Waals surface area (Å²) >= 11 is 1.27. The average molecular weight is 354 g/mol. The van der Waals surface area contributed by atoms with Crippen molar-refractivity contribution >= 4 is 40.4 Å². The fourth-order valence-electron chi connectivity index (χ4n) is 2.23. The second-order valence-electron chi connectivity index (χ2n) is 5.09. The van der Waals surface area contributed by atoms with E-state index in [1.54, 1.807) is 41.4 Å². The second-order valence-corrected chi connectivity index (χ2v) is 6.10. The number of aromatic nitrogens is 1. The molecule has 2 heterocycles. The molecule has 0 aliphatic carbocycles. The minimum atomic E-state index is -0.456. The van der Waals surface area contributed by atoms with Gasteiger partial charge in [-0.15, -0.1) is 0 Å². The number of likely N-dealkylation sites (N-methyl/N-ethyl adjacent to an activating group) is 1. The Kier molecular flexibility index (Phi) is 4.90. The van der Waals surface area contributed by atoms with Crippen molar-refractivity contribution in [2.75, 3.05) is 6.54 Å². The molecule has 1 aromatic carbocycles. The maximum Gasteiger partial charge on any atom is 0.269 e. The summed E-state index contributed by atoms with van der Waals surface area (Å²) in [5.74, 6) is 0.397. The SMILES string of the molecule is CCN1C(=O)/C(=C/c2ccc([N+](=O)[O-])cc2)S/C1=N/c1ccccn1. The molecule has 0 spiro atoms. The molecule has 8 heteroatoms. The lowest BCUT2D eigenvalue weighted by Gasteiger charge is -2.11. The van der Waals surface area contributed by atoms with Gasteiger partial charge in [0.15, 0.2) is 11.0 Å². The lowest BCUT2D eigenvalue weighted by molar-refractivity contribution is -0.384. The van der Waals surface area contributed by atoms with Gasteiger partial charge in [-0.3, -0.25) is 19.8 Å². The van der Waals surface area contributed by atoms with Crippen LogP contribution in [0.25, 0.3) is 6.08 Å². The van der Waals surface area contributed by atoms with Crippen LogP contribution >= 0.6 is 11.8 Å². The van der Waals surface area contributed by atoms with E-state index in [0.717, 1.165) is 5.56 Å². The Morgan fingerprint density at radius 3 is 2.64 bits per heavy atom. The minimum Gasteiger partial charge on any atom is -0.287 e. The molecule has 0 N–H and O–H groups in total. The first kappa shape index (κ1) is 16.8. The Hall–Kier alpha value is -3.00. The molecule has 25 heavy (non-hydrogen) atoms. The molecule has 7 nitrogen and oxygen atoms in total. The number of amides is 1. The van der Waals surface area contributed by atoms with Crippen molar-refractivity contribution in [3.63, 3.8) is 0 Å². The van der Waals surface area contributed by atoms with Gasteiger partial charge in [-0.1, -0.05) is 6.07 Å². The van der Waals surface area contributed by atoms with Gasteiger partial charge in [0.25, 0.3) is 11.6 Å². The summed E-state index contributed by atoms with van der Waals surface area (Å²) in [6.07, 6.45) is 3.35. The second kappa shape index (κ2) is 7.27. The number of pyridine rings is 1. The normalized spacial score (nSPS) is 17.5. The van der Waals surface area contributed by atoms with Gasteiger partial charge in [0, 0.05) is 24.9 Å². The van der Waals surface area contributed by atoms with Crippen molar-refractivity contribution < 1.29 is 9.72 Å². The largest absolute Gasteiger partial charge is 0.287 e. The number of rotatable bonds is 4. The zero-order valence-corrected chi connectivity index (χ0v) is 14.1. The Bertz CT molecular complexity index is 863. The van der Waals surface area contributed by atoms with Gasteiger partial charge in [0.2, 0.25) is 0 Å². The van der Waals surface area contributed by atoms with Gasteiger partial charge >= 0.3 is 0 Å². The highest BCUT2D eigenvalue weighted by atomic mass is 32.2. The number of nitro benzene ring substituents is 1. The molecular formula is C17H14N4O3S. The number of benzene rings is 1. The first-order chi connectivity index (χ1) is 12.1. The van der Waals surface area contributed by atoms with Crippen LogP contribution in [0, 0.1) is 10.1 Å². The summed E-state index contributed by atoms with van der Waals surface area (Å²) in [6, 6.07) is 11.5. The van der Waals surface area contributed by atoms with E-state index < -0.39 is 4.92 Å². The van der Waals surface area contributed by atoms with Gasteiger partial charge in [0.1, 0.15) is 0 Å². The topological polar surface area (TPSA) is 88.7 Å². The Morgan fingerprint density at radius 2 is 2.04 bits per heavy atom. The number of hydrogen-bond acceptors (Lipinski definition) is 6. The maximum absolute atomic E-state index is 12.5. The summed E-state index contributed by atoms with van der Waals surface area (Å²) in [4.78, 5) is 33.5. The number of carbonyl (C=O) groups is 1. The number of hydrogen-bond donors (Lipinski definition) is 0. The van der Waals surface area contributed by atoms with Crippen LogP contribution in [0.15, 0.2) is 58.6 Å². The van der Waals surface area contributed by atoms with Crippen LogP contribution in [-0.2, 0) is 4.79 Å². The predicted molar refractivity (Wildman–Crippen MR) is 97.4 cm³/mol. The van der Waals surface area contributed by atoms with E-state index >= 15 is 0 Å². The summed E-state index contributed by atoms with van der Waals surface area (Å²) in [5.41, 5.74) is 0.733. The molecule has 2 aromatic rings. The molecular weight excluding hydrogens is 340 g/mol. The Balaban J connectivity index is 1.89. The number of aliphatic imine (C=N–C) groups is 1. The van der Waals surface area contributed by atoms with Gasteiger partial charge in [-0.2, -0.15) is 0 Å². The lowest BCUT2D eigenvalue weighted by atomic mass is 10.2. The van der Waals surface area contributed by atoms with Crippen molar-refractivity contribution in [3.05, 3.63) is 69.2 Å². The fraction of sp³-hybridized carbons (Fsp3) is 0.118. The molecule has 1 aliphatic heterocycles. The number of thioether (sulfide) groups is 1. The zero-order chi connectivity index (χ0) is 17.8. The summed E-state index contributed by atoms with van der Waals surface area (Å²) in [7, 11) is 0. The smallest absolute Gasteiger partial charge is 0.269 e. The van der Waals surface area contributed by atoms with Gasteiger partial charge < -0.3 is 0 Å². The van der Waals surface area contributed by atoms with Crippen molar-refractivity contribution in [1.29, 1.82) is 0 Å². The molecule has 0 radical (unpaired) electrons. The molecule has 1 aromatic heterocycles. The number of nitro groups is 1. The summed E-state index contributed by atoms with van der Waals surface area (Å²) in [5, 5.41) is 11.3. The van der Waals surface area contributed by atoms with E-state index in [2.05, 4.69) is 9.98 Å². The quantitative estimate of drug-likeness (QED) is 0.475. The third-order valence-corrected chi connectivity index (χ3v) is 4.47. The highest BCUT2D eigenvalue weighted by molar-refractivity contribution is 8.18. The van der Waals surface area contributed by atoms with E-state index in [4.69, 9.17) is 0 Å². The van der Waals surface area contributed by atoms with E-state index in [-0.39, 0.29) is 11.6 Å². The first-order valence-electron chi connectivity index (χ1n) is 7.54. The van der Waals surface area contributed by atoms with Crippen LogP contribution in [0.1, 0.15) is 12.5 Å². The maximum atomic E-state index is 12.5. The molecule has 126 valence electrons. The van der Waals surface area contributed by atoms with Crippen molar-refractivity contribution in [1.82, 2.24) is 9.88 Å². The van der Waals surface area contributed by atoms with E-state index in [9.17, 15) is 14.9 Å². The van der Waals surface area contributed by atoms with E-state index in [0.29, 0.717) is 22.4 Å². The van der Waals surface area contributed by atoms with Crippen LogP contribution in [0.3, 0.4) is 0 Å². The third kappa shape index (κ3) is 3.74. The van der Waals surface area contributed by atoms with Crippen molar-refractivity contribution in [3.8, 4) is 0 Å². The van der Waals surface area contributed by atoms with E-state index in [1.165, 1.54) is 23.9 Å². The van der Waals surface area contributed by atoms with Crippen LogP contribution in [0.4, 0.5) is 11.5 Å². The molecule has 1 saturated heterocycles. The predicted octanol–water partition coefficient (Wildman–Crippen LogP) is 3.61. The third-order valence-electron chi connectivity index (χ3n) is 3.47. The summed E-state index contributed by atoms with van der Waals surface area (Å²) < 4.78 is 0. The molecule has 1 aliphatic rings. The van der Waals surface area contributed by atoms with Crippen LogP contribution in [0.2, 0.25) is 0 Å². The molecule has 0 saturated carbocycles. The number of amidine groups is 1. The summed E-state index contributed by atoms with van der Waals surface area (Å²) in [6.45, 7) is 2.37. The average Bonchev–Trinajstić information content (AvgIpc) is 2.91. The van der Waals surface area contributed by atoms with Crippen molar-refractivity contribution in [2.24, 2.45) is 4.99 Å². The standard InChI is InChI=1S/C17H14N4O3S/c1-2-20-16(22)14(11-12-6-8-13(9-7-12)21(23)24)25-17(20)19-15-5-3-4-10-18-15/h3-11H,2H2,1H3/b14-11-,19-17+. The first-order valence-corrected chi connectivity index (χ1v) is 8.35. The van der Waals surface area contributed by atoms with Crippen LogP contribution < -0.4 is 0 Å². The van der Waals surface area contributed by atoms with Gasteiger partial charge in [-0.25, -0.2) is 9.98 Å². The Labute approximate surface area is 148 Å². The number of nitrogens with zero attached hydrogens (tertiary/aromatic N) is 4. The molecule has 3 rings (SSSR count). The number of carbonyl (C=O) groups excluding carboxylic acids is 1. The molecule has 1 fully saturated rings. The van der Waals surface area contributed by atoms with E-state index in [1.807, 2.05) is 13.0 Å². The van der Waals surface area contributed by atoms with Crippen LogP contribution in [0.5, 0.6) is 0 Å². The highest BCUT2D eigenvalue weighted by Gasteiger charge is 2.32. The molecule has 1 amide bonds. The van der Waals surface area contributed by atoms with Crippen LogP contribution in [-0.4, -0.2) is 32.4 Å². The molecule has 0 bridgehead atoms. The van der Waals surface area contributed by atoms with Gasteiger partial charge in [-0.05, 0) is 54.6 Å². The molecule has 0 unspecified atom stereocenters. The zero-order valence-electron chi connectivity index (χ0n) is 13.3. The minimum absolute atomic E-state index is 0.0140. The Morgan fingerprint density at radius 1 is 1.28 bits per heavy atom. The lowest BCUT2D eigenvalue weighted by Crippen LogP contribution is -2.28. The monoisotopic (exact) mass is 354 g/mol. The van der Waals surface area contributed by atoms with Gasteiger partial charge in [0.05, 0.1) is 9.83 Å².